The summed E-state index contributed by atoms with van der Waals surface area (Å²) in [5.41, 5.74) is 3.46. The molecule has 2 aromatic carbocycles. The summed E-state index contributed by atoms with van der Waals surface area (Å²) in [6.45, 7) is 4.09. The maximum absolute atomic E-state index is 12.1. The Morgan fingerprint density at radius 1 is 1.15 bits per heavy atom. The SMILES string of the molecule is Cc1cc(Cl)cc(C)c1OCC(=O)NCc1cccc(NC(=O)C2CC2)c1. The van der Waals surface area contributed by atoms with Crippen LogP contribution < -0.4 is 15.4 Å². The number of nitrogens with one attached hydrogen (secondary N) is 2. The van der Waals surface area contributed by atoms with Gasteiger partial charge in [0.25, 0.3) is 5.91 Å². The van der Waals surface area contributed by atoms with Crippen LogP contribution in [0.1, 0.15) is 29.5 Å². The predicted molar refractivity (Wildman–Crippen MR) is 106 cm³/mol. The first-order valence-electron chi connectivity index (χ1n) is 8.98. The van der Waals surface area contributed by atoms with Gasteiger partial charge in [-0.1, -0.05) is 23.7 Å². The van der Waals surface area contributed by atoms with E-state index in [1.54, 1.807) is 0 Å². The van der Waals surface area contributed by atoms with E-state index in [0.29, 0.717) is 17.3 Å². The van der Waals surface area contributed by atoms with Crippen LogP contribution in [-0.4, -0.2) is 18.4 Å². The van der Waals surface area contributed by atoms with Crippen molar-refractivity contribution in [3.63, 3.8) is 0 Å². The van der Waals surface area contributed by atoms with Gasteiger partial charge in [0.2, 0.25) is 5.91 Å². The van der Waals surface area contributed by atoms with Gasteiger partial charge in [-0.2, -0.15) is 0 Å². The highest BCUT2D eigenvalue weighted by Crippen LogP contribution is 2.30. The minimum absolute atomic E-state index is 0.0679. The van der Waals surface area contributed by atoms with Gasteiger partial charge in [-0.15, -0.1) is 0 Å². The van der Waals surface area contributed by atoms with Crippen molar-refractivity contribution in [3.8, 4) is 5.75 Å². The summed E-state index contributed by atoms with van der Waals surface area (Å²) in [6, 6.07) is 11.1. The average molecular weight is 387 g/mol. The maximum atomic E-state index is 12.1. The molecular formula is C21H23ClN2O3. The van der Waals surface area contributed by atoms with Gasteiger partial charge in [0.1, 0.15) is 5.75 Å². The third-order valence-corrected chi connectivity index (χ3v) is 4.62. The zero-order chi connectivity index (χ0) is 19.4. The molecule has 0 aromatic heterocycles. The van der Waals surface area contributed by atoms with Gasteiger partial charge in [-0.05, 0) is 67.6 Å². The fraction of sp³-hybridized carbons (Fsp3) is 0.333. The quantitative estimate of drug-likeness (QED) is 0.755. The molecule has 0 atom stereocenters. The van der Waals surface area contributed by atoms with Crippen LogP contribution in [0.3, 0.4) is 0 Å². The molecule has 0 spiro atoms. The first kappa shape index (κ1) is 19.2. The minimum atomic E-state index is -0.212. The van der Waals surface area contributed by atoms with Gasteiger partial charge in [-0.3, -0.25) is 9.59 Å². The molecule has 3 rings (SSSR count). The van der Waals surface area contributed by atoms with Gasteiger partial charge < -0.3 is 15.4 Å². The summed E-state index contributed by atoms with van der Waals surface area (Å²) in [5, 5.41) is 6.39. The van der Waals surface area contributed by atoms with Crippen LogP contribution in [0.15, 0.2) is 36.4 Å². The van der Waals surface area contributed by atoms with Crippen molar-refractivity contribution in [1.29, 1.82) is 0 Å². The van der Waals surface area contributed by atoms with Gasteiger partial charge in [0, 0.05) is 23.2 Å². The Hall–Kier alpha value is -2.53. The lowest BCUT2D eigenvalue weighted by Gasteiger charge is -2.13. The van der Waals surface area contributed by atoms with E-state index in [4.69, 9.17) is 16.3 Å². The number of carbonyl (C=O) groups is 2. The van der Waals surface area contributed by atoms with Crippen molar-refractivity contribution in [2.45, 2.75) is 33.2 Å². The van der Waals surface area contributed by atoms with E-state index >= 15 is 0 Å². The standard InChI is InChI=1S/C21H23ClN2O3/c1-13-8-17(22)9-14(2)20(13)27-12-19(25)23-11-15-4-3-5-18(10-15)24-21(26)16-6-7-16/h3-5,8-10,16H,6-7,11-12H2,1-2H3,(H,23,25)(H,24,26). The first-order valence-corrected chi connectivity index (χ1v) is 9.36. The largest absolute Gasteiger partial charge is 0.483 e. The Balaban J connectivity index is 1.50. The number of anilines is 1. The lowest BCUT2D eigenvalue weighted by atomic mass is 10.1. The van der Waals surface area contributed by atoms with Gasteiger partial charge in [-0.25, -0.2) is 0 Å². The van der Waals surface area contributed by atoms with Crippen LogP contribution in [0.5, 0.6) is 5.75 Å². The van der Waals surface area contributed by atoms with Crippen molar-refractivity contribution in [2.75, 3.05) is 11.9 Å². The van der Waals surface area contributed by atoms with Crippen LogP contribution in [0.25, 0.3) is 0 Å². The van der Waals surface area contributed by atoms with E-state index in [9.17, 15) is 9.59 Å². The Morgan fingerprint density at radius 2 is 1.85 bits per heavy atom. The fourth-order valence-electron chi connectivity index (χ4n) is 2.86. The van der Waals surface area contributed by atoms with Crippen molar-refractivity contribution >= 4 is 29.1 Å². The molecule has 2 aromatic rings. The van der Waals surface area contributed by atoms with E-state index in [0.717, 1.165) is 35.2 Å². The maximum Gasteiger partial charge on any atom is 0.258 e. The smallest absolute Gasteiger partial charge is 0.258 e. The number of aryl methyl sites for hydroxylation is 2. The molecule has 0 unspecified atom stereocenters. The van der Waals surface area contributed by atoms with Gasteiger partial charge in [0.05, 0.1) is 0 Å². The van der Waals surface area contributed by atoms with Crippen molar-refractivity contribution in [1.82, 2.24) is 5.32 Å². The lowest BCUT2D eigenvalue weighted by molar-refractivity contribution is -0.123. The summed E-state index contributed by atoms with van der Waals surface area (Å²) in [5.74, 6) is 0.694. The molecule has 1 aliphatic carbocycles. The molecule has 0 radical (unpaired) electrons. The number of ether oxygens (including phenoxy) is 1. The van der Waals surface area contributed by atoms with E-state index in [-0.39, 0.29) is 24.3 Å². The minimum Gasteiger partial charge on any atom is -0.483 e. The number of amides is 2. The molecule has 0 bridgehead atoms. The van der Waals surface area contributed by atoms with Crippen LogP contribution in [0.2, 0.25) is 5.02 Å². The van der Waals surface area contributed by atoms with E-state index < -0.39 is 0 Å². The van der Waals surface area contributed by atoms with E-state index in [1.807, 2.05) is 50.2 Å². The topological polar surface area (TPSA) is 67.4 Å². The van der Waals surface area contributed by atoms with Crippen LogP contribution >= 0.6 is 11.6 Å². The molecule has 2 N–H and O–H groups in total. The number of halogens is 1. The summed E-state index contributed by atoms with van der Waals surface area (Å²) in [6.07, 6.45) is 1.93. The van der Waals surface area contributed by atoms with Crippen LogP contribution in [0.4, 0.5) is 5.69 Å². The number of rotatable bonds is 7. The third kappa shape index (κ3) is 5.47. The number of hydrogen-bond acceptors (Lipinski definition) is 3. The molecule has 0 saturated heterocycles. The molecule has 27 heavy (non-hydrogen) atoms. The first-order chi connectivity index (χ1) is 12.9. The zero-order valence-electron chi connectivity index (χ0n) is 15.5. The molecule has 6 heteroatoms. The second kappa shape index (κ2) is 8.44. The van der Waals surface area contributed by atoms with Crippen LogP contribution in [0, 0.1) is 19.8 Å². The van der Waals surface area contributed by atoms with Gasteiger partial charge >= 0.3 is 0 Å². The second-order valence-electron chi connectivity index (χ2n) is 6.90. The molecule has 0 aliphatic heterocycles. The summed E-state index contributed by atoms with van der Waals surface area (Å²) in [7, 11) is 0. The molecule has 5 nitrogen and oxygen atoms in total. The Labute approximate surface area is 164 Å². The Morgan fingerprint density at radius 3 is 2.52 bits per heavy atom. The normalized spacial score (nSPS) is 13.1. The molecule has 1 fully saturated rings. The number of carbonyl (C=O) groups excluding carboxylic acids is 2. The Kier molecular flexibility index (Phi) is 6.01. The van der Waals surface area contributed by atoms with E-state index in [1.165, 1.54) is 0 Å². The summed E-state index contributed by atoms with van der Waals surface area (Å²) < 4.78 is 5.65. The molecule has 142 valence electrons. The summed E-state index contributed by atoms with van der Waals surface area (Å²) >= 11 is 6.01. The fourth-order valence-corrected chi connectivity index (χ4v) is 3.19. The van der Waals surface area contributed by atoms with Gasteiger partial charge in [0.15, 0.2) is 6.61 Å². The highest BCUT2D eigenvalue weighted by molar-refractivity contribution is 6.30. The van der Waals surface area contributed by atoms with Crippen LogP contribution in [-0.2, 0) is 16.1 Å². The molecule has 1 saturated carbocycles. The predicted octanol–water partition coefficient (Wildman–Crippen LogP) is 4.00. The lowest BCUT2D eigenvalue weighted by Crippen LogP contribution is -2.28. The Bertz CT molecular complexity index is 839. The average Bonchev–Trinajstić information content (AvgIpc) is 3.44. The van der Waals surface area contributed by atoms with E-state index in [2.05, 4.69) is 10.6 Å². The van der Waals surface area contributed by atoms with Crippen molar-refractivity contribution < 1.29 is 14.3 Å². The number of hydrogen-bond donors (Lipinski definition) is 2. The second-order valence-corrected chi connectivity index (χ2v) is 7.33. The molecular weight excluding hydrogens is 364 g/mol. The molecule has 0 heterocycles. The number of benzene rings is 2. The zero-order valence-corrected chi connectivity index (χ0v) is 16.2. The van der Waals surface area contributed by atoms with Crippen molar-refractivity contribution in [2.24, 2.45) is 5.92 Å². The molecule has 2 amide bonds. The summed E-state index contributed by atoms with van der Waals surface area (Å²) in [4.78, 5) is 23.9. The monoisotopic (exact) mass is 386 g/mol. The third-order valence-electron chi connectivity index (χ3n) is 4.41. The highest BCUT2D eigenvalue weighted by atomic mass is 35.5. The van der Waals surface area contributed by atoms with Crippen molar-refractivity contribution in [3.05, 3.63) is 58.1 Å². The molecule has 1 aliphatic rings. The highest BCUT2D eigenvalue weighted by Gasteiger charge is 2.29.